The fourth-order valence-corrected chi connectivity index (χ4v) is 4.86. The zero-order valence-electron chi connectivity index (χ0n) is 17.5. The molecule has 0 amide bonds. The van der Waals surface area contributed by atoms with Gasteiger partial charge >= 0.3 is 0 Å². The average molecular weight is 460 g/mol. The maximum atomic E-state index is 5.86. The first kappa shape index (κ1) is 20.8. The van der Waals surface area contributed by atoms with E-state index in [2.05, 4.69) is 40.0 Å². The number of hydrogen-bond acceptors (Lipinski definition) is 7. The van der Waals surface area contributed by atoms with E-state index in [9.17, 15) is 0 Å². The molecule has 0 radical (unpaired) electrons. The fourth-order valence-electron chi connectivity index (χ4n) is 3.43. The van der Waals surface area contributed by atoms with Crippen LogP contribution in [0.3, 0.4) is 0 Å². The molecule has 0 fully saturated rings. The molecular weight excluding hydrogens is 438 g/mol. The van der Waals surface area contributed by atoms with Crippen LogP contribution in [0.25, 0.3) is 43.4 Å². The van der Waals surface area contributed by atoms with Crippen LogP contribution in [-0.2, 0) is 4.74 Å². The highest BCUT2D eigenvalue weighted by Crippen LogP contribution is 2.36. The minimum atomic E-state index is 0.619. The van der Waals surface area contributed by atoms with Crippen molar-refractivity contribution in [3.8, 4) is 38.0 Å². The first-order chi connectivity index (χ1) is 15.8. The van der Waals surface area contributed by atoms with Crippen LogP contribution < -0.4 is 4.74 Å². The summed E-state index contributed by atoms with van der Waals surface area (Å²) in [4.78, 5) is 16.7. The van der Waals surface area contributed by atoms with Gasteiger partial charge in [-0.3, -0.25) is 0 Å². The van der Waals surface area contributed by atoms with Gasteiger partial charge in [-0.2, -0.15) is 0 Å². The van der Waals surface area contributed by atoms with Gasteiger partial charge in [-0.1, -0.05) is 24.3 Å². The predicted molar refractivity (Wildman–Crippen MR) is 131 cm³/mol. The second-order valence-corrected chi connectivity index (χ2v) is 9.06. The molecule has 5 aromatic rings. The van der Waals surface area contributed by atoms with Crippen LogP contribution in [0, 0.1) is 0 Å². The highest BCUT2D eigenvalue weighted by atomic mass is 32.1. The lowest BCUT2D eigenvalue weighted by atomic mass is 10.1. The van der Waals surface area contributed by atoms with Crippen LogP contribution >= 0.6 is 22.7 Å². The van der Waals surface area contributed by atoms with Crippen molar-refractivity contribution in [2.24, 2.45) is 0 Å². The number of fused-ring (bicyclic) bond motifs is 1. The summed E-state index contributed by atoms with van der Waals surface area (Å²) in [7, 11) is 1.70. The predicted octanol–water partition coefficient (Wildman–Crippen LogP) is 6.56. The standard InChI is InChI=1S/C25H21N3O2S2/c1-29-10-5-11-30-19-7-2-6-17(14-19)18-15-20-25(26-16-18)28-24(22-9-4-13-32-22)23(27-20)21-8-3-12-31-21/h2-4,6-9,12-16H,5,10-11H2,1H3. The number of benzene rings is 1. The lowest BCUT2D eigenvalue weighted by molar-refractivity contribution is 0.172. The van der Waals surface area contributed by atoms with Crippen molar-refractivity contribution in [2.45, 2.75) is 6.42 Å². The van der Waals surface area contributed by atoms with Crippen molar-refractivity contribution in [1.29, 1.82) is 0 Å². The third kappa shape index (κ3) is 4.41. The molecule has 5 rings (SSSR count). The summed E-state index contributed by atoms with van der Waals surface area (Å²) in [5, 5.41) is 4.12. The molecule has 1 aromatic carbocycles. The Bertz CT molecular complexity index is 1320. The number of thiophene rings is 2. The van der Waals surface area contributed by atoms with Gasteiger partial charge in [-0.25, -0.2) is 15.0 Å². The number of hydrogen-bond donors (Lipinski definition) is 0. The molecule has 0 aliphatic heterocycles. The van der Waals surface area contributed by atoms with E-state index in [0.29, 0.717) is 18.9 Å². The van der Waals surface area contributed by atoms with Gasteiger partial charge in [0.1, 0.15) is 22.7 Å². The fraction of sp³-hybridized carbons (Fsp3) is 0.160. The lowest BCUT2D eigenvalue weighted by Crippen LogP contribution is -2.01. The third-order valence-corrected chi connectivity index (χ3v) is 6.71. The molecule has 0 saturated heterocycles. The number of rotatable bonds is 8. The maximum absolute atomic E-state index is 5.86. The Morgan fingerprint density at radius 2 is 1.59 bits per heavy atom. The van der Waals surface area contributed by atoms with Gasteiger partial charge in [0.2, 0.25) is 0 Å². The first-order valence-corrected chi connectivity index (χ1v) is 12.1. The van der Waals surface area contributed by atoms with Gasteiger partial charge in [0.15, 0.2) is 5.65 Å². The molecule has 0 N–H and O–H groups in total. The molecule has 0 unspecified atom stereocenters. The summed E-state index contributed by atoms with van der Waals surface area (Å²) < 4.78 is 10.9. The Morgan fingerprint density at radius 1 is 0.812 bits per heavy atom. The molecule has 0 aliphatic rings. The SMILES string of the molecule is COCCCOc1cccc(-c2cnc3nc(-c4cccs4)c(-c4cccs4)nc3c2)c1. The molecule has 160 valence electrons. The van der Waals surface area contributed by atoms with Crippen LogP contribution in [0.2, 0.25) is 0 Å². The maximum Gasteiger partial charge on any atom is 0.178 e. The Kier molecular flexibility index (Phi) is 6.20. The van der Waals surface area contributed by atoms with E-state index in [0.717, 1.165) is 50.0 Å². The molecule has 5 nitrogen and oxygen atoms in total. The van der Waals surface area contributed by atoms with E-state index in [1.54, 1.807) is 29.8 Å². The molecule has 32 heavy (non-hydrogen) atoms. The van der Waals surface area contributed by atoms with Crippen LogP contribution in [0.5, 0.6) is 5.75 Å². The van der Waals surface area contributed by atoms with Gasteiger partial charge in [0.05, 0.1) is 16.4 Å². The van der Waals surface area contributed by atoms with E-state index in [1.165, 1.54) is 0 Å². The smallest absolute Gasteiger partial charge is 0.178 e. The topological polar surface area (TPSA) is 57.1 Å². The van der Waals surface area contributed by atoms with E-state index < -0.39 is 0 Å². The molecule has 7 heteroatoms. The molecule has 0 saturated carbocycles. The van der Waals surface area contributed by atoms with Gasteiger partial charge in [-0.05, 0) is 46.7 Å². The van der Waals surface area contributed by atoms with Crippen LogP contribution in [0.1, 0.15) is 6.42 Å². The van der Waals surface area contributed by atoms with Crippen molar-refractivity contribution in [3.05, 3.63) is 71.6 Å². The average Bonchev–Trinajstić information content (AvgIpc) is 3.56. The normalized spacial score (nSPS) is 11.2. The molecule has 0 atom stereocenters. The Morgan fingerprint density at radius 3 is 2.31 bits per heavy atom. The summed E-state index contributed by atoms with van der Waals surface area (Å²) in [6.45, 7) is 1.31. The van der Waals surface area contributed by atoms with Gasteiger partial charge in [0, 0.05) is 31.9 Å². The summed E-state index contributed by atoms with van der Waals surface area (Å²) in [5.74, 6) is 0.831. The van der Waals surface area contributed by atoms with Crippen LogP contribution in [0.15, 0.2) is 71.6 Å². The van der Waals surface area contributed by atoms with Crippen molar-refractivity contribution in [2.75, 3.05) is 20.3 Å². The van der Waals surface area contributed by atoms with E-state index >= 15 is 0 Å². The number of aromatic nitrogens is 3. The van der Waals surface area contributed by atoms with Gasteiger partial charge < -0.3 is 9.47 Å². The molecule has 0 aliphatic carbocycles. The number of ether oxygens (including phenoxy) is 2. The minimum Gasteiger partial charge on any atom is -0.493 e. The molecular formula is C25H21N3O2S2. The Labute approximate surface area is 194 Å². The number of methoxy groups -OCH3 is 1. The van der Waals surface area contributed by atoms with E-state index in [4.69, 9.17) is 19.4 Å². The largest absolute Gasteiger partial charge is 0.493 e. The van der Waals surface area contributed by atoms with Gasteiger partial charge in [-0.15, -0.1) is 22.7 Å². The van der Waals surface area contributed by atoms with E-state index in [-0.39, 0.29) is 0 Å². The first-order valence-electron chi connectivity index (χ1n) is 10.3. The highest BCUT2D eigenvalue weighted by Gasteiger charge is 2.16. The summed E-state index contributed by atoms with van der Waals surface area (Å²) in [5.41, 5.74) is 5.20. The lowest BCUT2D eigenvalue weighted by Gasteiger charge is -2.10. The summed E-state index contributed by atoms with van der Waals surface area (Å²) >= 11 is 3.33. The highest BCUT2D eigenvalue weighted by molar-refractivity contribution is 7.14. The van der Waals surface area contributed by atoms with Crippen LogP contribution in [-0.4, -0.2) is 35.3 Å². The molecule has 4 aromatic heterocycles. The van der Waals surface area contributed by atoms with E-state index in [1.807, 2.05) is 36.5 Å². The third-order valence-electron chi connectivity index (χ3n) is 4.96. The molecule has 0 spiro atoms. The quantitative estimate of drug-likeness (QED) is 0.246. The monoisotopic (exact) mass is 459 g/mol. The second-order valence-electron chi connectivity index (χ2n) is 7.16. The molecule has 4 heterocycles. The Balaban J connectivity index is 1.52. The Hall–Kier alpha value is -3.13. The zero-order chi connectivity index (χ0) is 21.8. The summed E-state index contributed by atoms with van der Waals surface area (Å²) in [6.07, 6.45) is 2.70. The van der Waals surface area contributed by atoms with Crippen LogP contribution in [0.4, 0.5) is 0 Å². The van der Waals surface area contributed by atoms with Crippen molar-refractivity contribution in [3.63, 3.8) is 0 Å². The van der Waals surface area contributed by atoms with Gasteiger partial charge in [0.25, 0.3) is 0 Å². The second kappa shape index (κ2) is 9.56. The molecule has 0 bridgehead atoms. The zero-order valence-corrected chi connectivity index (χ0v) is 19.2. The van der Waals surface area contributed by atoms with Crippen molar-refractivity contribution < 1.29 is 9.47 Å². The van der Waals surface area contributed by atoms with Crippen molar-refractivity contribution in [1.82, 2.24) is 15.0 Å². The number of pyridine rings is 1. The van der Waals surface area contributed by atoms with Crippen molar-refractivity contribution >= 4 is 33.8 Å². The minimum absolute atomic E-state index is 0.619. The summed E-state index contributed by atoms with van der Waals surface area (Å²) in [6, 6.07) is 18.3. The number of nitrogens with zero attached hydrogens (tertiary/aromatic N) is 3.